The van der Waals surface area contributed by atoms with E-state index in [-0.39, 0.29) is 11.9 Å². The van der Waals surface area contributed by atoms with Crippen LogP contribution in [0.2, 0.25) is 0 Å². The van der Waals surface area contributed by atoms with Crippen LogP contribution < -0.4 is 11.1 Å². The maximum atomic E-state index is 12.2. The Morgan fingerprint density at radius 1 is 1.68 bits per heavy atom. The maximum absolute atomic E-state index is 12.2. The molecule has 1 atom stereocenters. The van der Waals surface area contributed by atoms with E-state index in [0.717, 1.165) is 38.1 Å². The van der Waals surface area contributed by atoms with Crippen LogP contribution in [0.1, 0.15) is 35.3 Å². The zero-order valence-corrected chi connectivity index (χ0v) is 11.4. The van der Waals surface area contributed by atoms with Crippen LogP contribution in [0, 0.1) is 6.92 Å². The van der Waals surface area contributed by atoms with Gasteiger partial charge in [0.2, 0.25) is 0 Å². The van der Waals surface area contributed by atoms with Crippen molar-refractivity contribution in [1.29, 1.82) is 0 Å². The zero-order chi connectivity index (χ0) is 13.7. The molecule has 1 aromatic heterocycles. The van der Waals surface area contributed by atoms with Crippen LogP contribution in [0.15, 0.2) is 6.20 Å². The molecule has 3 N–H and O–H groups in total. The van der Waals surface area contributed by atoms with Crippen molar-refractivity contribution in [2.75, 3.05) is 19.8 Å². The molecule has 2 heterocycles. The minimum atomic E-state index is -0.0630. The van der Waals surface area contributed by atoms with Gasteiger partial charge in [-0.3, -0.25) is 9.48 Å². The lowest BCUT2D eigenvalue weighted by Gasteiger charge is -2.23. The van der Waals surface area contributed by atoms with Crippen molar-refractivity contribution in [2.45, 2.75) is 38.8 Å². The SMILES string of the molecule is Cc1c(C(=O)NC2CCCOC2)cnn1CCCN. The van der Waals surface area contributed by atoms with Crippen molar-refractivity contribution in [2.24, 2.45) is 5.73 Å². The Morgan fingerprint density at radius 3 is 3.21 bits per heavy atom. The van der Waals surface area contributed by atoms with Crippen LogP contribution in [0.3, 0.4) is 0 Å². The monoisotopic (exact) mass is 266 g/mol. The van der Waals surface area contributed by atoms with E-state index < -0.39 is 0 Å². The van der Waals surface area contributed by atoms with Crippen LogP contribution in [-0.2, 0) is 11.3 Å². The summed E-state index contributed by atoms with van der Waals surface area (Å²) in [5.74, 6) is -0.0630. The number of ether oxygens (including phenoxy) is 1. The molecule has 0 bridgehead atoms. The first-order valence-corrected chi connectivity index (χ1v) is 6.83. The van der Waals surface area contributed by atoms with Crippen molar-refractivity contribution in [3.63, 3.8) is 0 Å². The summed E-state index contributed by atoms with van der Waals surface area (Å²) in [4.78, 5) is 12.2. The third-order valence-corrected chi connectivity index (χ3v) is 3.42. The van der Waals surface area contributed by atoms with Gasteiger partial charge in [0.25, 0.3) is 5.91 Å². The summed E-state index contributed by atoms with van der Waals surface area (Å²) in [6.45, 7) is 4.69. The number of carbonyl (C=O) groups excluding carboxylic acids is 1. The van der Waals surface area contributed by atoms with Crippen molar-refractivity contribution in [3.8, 4) is 0 Å². The molecule has 6 heteroatoms. The van der Waals surface area contributed by atoms with Gasteiger partial charge in [0.05, 0.1) is 24.4 Å². The molecule has 0 spiro atoms. The maximum Gasteiger partial charge on any atom is 0.255 e. The normalized spacial score (nSPS) is 19.4. The molecule has 0 aliphatic carbocycles. The summed E-state index contributed by atoms with van der Waals surface area (Å²) < 4.78 is 7.19. The van der Waals surface area contributed by atoms with Crippen molar-refractivity contribution in [3.05, 3.63) is 17.5 Å². The van der Waals surface area contributed by atoms with E-state index in [2.05, 4.69) is 10.4 Å². The molecule has 2 rings (SSSR count). The first-order chi connectivity index (χ1) is 9.22. The lowest BCUT2D eigenvalue weighted by Crippen LogP contribution is -2.40. The van der Waals surface area contributed by atoms with Gasteiger partial charge in [-0.2, -0.15) is 5.10 Å². The lowest BCUT2D eigenvalue weighted by molar-refractivity contribution is 0.0624. The van der Waals surface area contributed by atoms with E-state index in [1.165, 1.54) is 0 Å². The summed E-state index contributed by atoms with van der Waals surface area (Å²) >= 11 is 0. The van der Waals surface area contributed by atoms with Gasteiger partial charge in [0, 0.05) is 18.8 Å². The number of nitrogens with zero attached hydrogens (tertiary/aromatic N) is 2. The quantitative estimate of drug-likeness (QED) is 0.810. The lowest BCUT2D eigenvalue weighted by atomic mass is 10.1. The number of amides is 1. The van der Waals surface area contributed by atoms with E-state index >= 15 is 0 Å². The summed E-state index contributed by atoms with van der Waals surface area (Å²) in [5.41, 5.74) is 7.02. The largest absolute Gasteiger partial charge is 0.379 e. The number of hydrogen-bond donors (Lipinski definition) is 2. The van der Waals surface area contributed by atoms with Crippen molar-refractivity contribution < 1.29 is 9.53 Å². The Morgan fingerprint density at radius 2 is 2.53 bits per heavy atom. The Kier molecular flexibility index (Phi) is 4.93. The number of aromatic nitrogens is 2. The molecule has 1 saturated heterocycles. The fourth-order valence-electron chi connectivity index (χ4n) is 2.25. The first-order valence-electron chi connectivity index (χ1n) is 6.83. The average Bonchev–Trinajstić information content (AvgIpc) is 2.79. The van der Waals surface area contributed by atoms with Gasteiger partial charge in [0.15, 0.2) is 0 Å². The molecule has 6 nitrogen and oxygen atoms in total. The highest BCUT2D eigenvalue weighted by Crippen LogP contribution is 2.10. The van der Waals surface area contributed by atoms with Crippen molar-refractivity contribution >= 4 is 5.91 Å². The Hall–Kier alpha value is -1.40. The molecule has 0 saturated carbocycles. The molecule has 0 radical (unpaired) electrons. The number of nitrogens with one attached hydrogen (secondary N) is 1. The number of hydrogen-bond acceptors (Lipinski definition) is 4. The minimum Gasteiger partial charge on any atom is -0.379 e. The summed E-state index contributed by atoms with van der Waals surface area (Å²) in [5, 5.41) is 7.24. The molecule has 106 valence electrons. The molecular formula is C13H22N4O2. The van der Waals surface area contributed by atoms with E-state index in [4.69, 9.17) is 10.5 Å². The average molecular weight is 266 g/mol. The first kappa shape index (κ1) is 14.0. The summed E-state index contributed by atoms with van der Waals surface area (Å²) in [6.07, 6.45) is 4.47. The fourth-order valence-corrected chi connectivity index (χ4v) is 2.25. The van der Waals surface area contributed by atoms with Crippen LogP contribution >= 0.6 is 0 Å². The molecule has 1 aliphatic rings. The third kappa shape index (κ3) is 3.54. The molecular weight excluding hydrogens is 244 g/mol. The van der Waals surface area contributed by atoms with Crippen LogP contribution in [-0.4, -0.2) is 41.5 Å². The molecule has 0 aromatic carbocycles. The summed E-state index contributed by atoms with van der Waals surface area (Å²) in [6, 6.07) is 0.119. The van der Waals surface area contributed by atoms with Crippen molar-refractivity contribution in [1.82, 2.24) is 15.1 Å². The fraction of sp³-hybridized carbons (Fsp3) is 0.692. The van der Waals surface area contributed by atoms with Crippen LogP contribution in [0.4, 0.5) is 0 Å². The topological polar surface area (TPSA) is 82.2 Å². The third-order valence-electron chi connectivity index (χ3n) is 3.42. The molecule has 1 fully saturated rings. The summed E-state index contributed by atoms with van der Waals surface area (Å²) in [7, 11) is 0. The van der Waals surface area contributed by atoms with Gasteiger partial charge < -0.3 is 15.8 Å². The van der Waals surface area contributed by atoms with Crippen LogP contribution in [0.25, 0.3) is 0 Å². The second kappa shape index (κ2) is 6.68. The second-order valence-electron chi connectivity index (χ2n) is 4.90. The number of aryl methyl sites for hydroxylation is 1. The Bertz CT molecular complexity index is 424. The molecule has 1 aliphatic heterocycles. The predicted molar refractivity (Wildman–Crippen MR) is 71.9 cm³/mol. The Labute approximate surface area is 113 Å². The molecule has 19 heavy (non-hydrogen) atoms. The second-order valence-corrected chi connectivity index (χ2v) is 4.90. The number of carbonyl (C=O) groups is 1. The van der Waals surface area contributed by atoms with Crippen LogP contribution in [0.5, 0.6) is 0 Å². The van der Waals surface area contributed by atoms with Gasteiger partial charge in [0.1, 0.15) is 0 Å². The number of rotatable bonds is 5. The van der Waals surface area contributed by atoms with E-state index in [9.17, 15) is 4.79 Å². The highest BCUT2D eigenvalue weighted by molar-refractivity contribution is 5.95. The van der Waals surface area contributed by atoms with E-state index in [1.54, 1.807) is 6.20 Å². The molecule has 1 unspecified atom stereocenters. The van der Waals surface area contributed by atoms with Gasteiger partial charge in [-0.05, 0) is 32.7 Å². The Balaban J connectivity index is 1.96. The highest BCUT2D eigenvalue weighted by atomic mass is 16.5. The van der Waals surface area contributed by atoms with E-state index in [0.29, 0.717) is 18.7 Å². The van der Waals surface area contributed by atoms with Gasteiger partial charge in [-0.1, -0.05) is 0 Å². The highest BCUT2D eigenvalue weighted by Gasteiger charge is 2.20. The van der Waals surface area contributed by atoms with E-state index in [1.807, 2.05) is 11.6 Å². The zero-order valence-electron chi connectivity index (χ0n) is 11.4. The molecule has 1 amide bonds. The van der Waals surface area contributed by atoms with Gasteiger partial charge >= 0.3 is 0 Å². The van der Waals surface area contributed by atoms with Gasteiger partial charge in [-0.25, -0.2) is 0 Å². The van der Waals surface area contributed by atoms with Gasteiger partial charge in [-0.15, -0.1) is 0 Å². The molecule has 1 aromatic rings. The number of nitrogens with two attached hydrogens (primary N) is 1. The predicted octanol–water partition coefficient (Wildman–Crippen LogP) is 0.449. The minimum absolute atomic E-state index is 0.0630. The standard InChI is InChI=1S/C13H22N4O2/c1-10-12(8-15-17(10)6-3-5-14)13(18)16-11-4-2-7-19-9-11/h8,11H,2-7,9,14H2,1H3,(H,16,18). The smallest absolute Gasteiger partial charge is 0.255 e.